The van der Waals surface area contributed by atoms with Gasteiger partial charge in [0.15, 0.2) is 0 Å². The van der Waals surface area contributed by atoms with Crippen LogP contribution in [0.2, 0.25) is 0 Å². The zero-order chi connectivity index (χ0) is 19.6. The number of carboxylic acids is 1. The monoisotopic (exact) mass is 369 g/mol. The number of para-hydroxylation sites is 1. The number of unbranched alkanes of at least 4 members (excludes halogenated alkanes) is 8. The van der Waals surface area contributed by atoms with Crippen molar-refractivity contribution < 1.29 is 9.90 Å². The van der Waals surface area contributed by atoms with Crippen molar-refractivity contribution in [3.8, 4) is 0 Å². The summed E-state index contributed by atoms with van der Waals surface area (Å²) >= 11 is 0. The first-order valence-electron chi connectivity index (χ1n) is 10.2. The molecule has 0 aromatic heterocycles. The Labute approximate surface area is 164 Å². The summed E-state index contributed by atoms with van der Waals surface area (Å²) in [6.45, 7) is 4.64. The summed E-state index contributed by atoms with van der Waals surface area (Å²) in [5, 5.41) is 12.1. The molecule has 0 bridgehead atoms. The number of hydrogen-bond donors (Lipinski definition) is 2. The zero-order valence-electron chi connectivity index (χ0n) is 16.5. The van der Waals surface area contributed by atoms with Gasteiger partial charge in [0.1, 0.15) is 0 Å². The Morgan fingerprint density at radius 3 is 2.26 bits per heavy atom. The second-order valence-corrected chi connectivity index (χ2v) is 6.79. The maximum Gasteiger partial charge on any atom is 0.328 e. The van der Waals surface area contributed by atoms with E-state index < -0.39 is 5.97 Å². The fraction of sp³-hybridized carbons (Fsp3) is 0.458. The standard InChI is InChI=1S/C24H35NO2/c1-2-3-4-5-6-7-8-9-10-11-12-13-16-21-25-23-18-15-14-17-22(23)19-20-24(26)27/h2,11-12,14-15,17-20,25H,1,3-10,13,16,21H2,(H,26,27)/b12-11+,20-19+. The van der Waals surface area contributed by atoms with E-state index in [1.807, 2.05) is 30.3 Å². The molecule has 0 fully saturated rings. The van der Waals surface area contributed by atoms with E-state index in [0.717, 1.165) is 37.1 Å². The van der Waals surface area contributed by atoms with Crippen LogP contribution in [-0.2, 0) is 4.79 Å². The van der Waals surface area contributed by atoms with Crippen LogP contribution in [0.3, 0.4) is 0 Å². The first kappa shape index (κ1) is 22.8. The molecule has 0 heterocycles. The second kappa shape index (κ2) is 15.9. The molecule has 0 saturated heterocycles. The van der Waals surface area contributed by atoms with E-state index in [2.05, 4.69) is 24.0 Å². The van der Waals surface area contributed by atoms with Crippen LogP contribution >= 0.6 is 0 Å². The summed E-state index contributed by atoms with van der Waals surface area (Å²) in [4.78, 5) is 10.7. The maximum absolute atomic E-state index is 10.7. The molecule has 0 radical (unpaired) electrons. The quantitative estimate of drug-likeness (QED) is 0.190. The first-order chi connectivity index (χ1) is 13.2. The molecular weight excluding hydrogens is 334 g/mol. The zero-order valence-corrected chi connectivity index (χ0v) is 16.5. The lowest BCUT2D eigenvalue weighted by molar-refractivity contribution is -0.131. The van der Waals surface area contributed by atoms with Crippen LogP contribution in [0, 0.1) is 0 Å². The van der Waals surface area contributed by atoms with Crippen molar-refractivity contribution in [3.05, 3.63) is 60.7 Å². The molecule has 0 atom stereocenters. The van der Waals surface area contributed by atoms with Crippen LogP contribution in [-0.4, -0.2) is 17.6 Å². The van der Waals surface area contributed by atoms with Gasteiger partial charge < -0.3 is 10.4 Å². The normalized spacial score (nSPS) is 11.3. The van der Waals surface area contributed by atoms with Gasteiger partial charge in [-0.05, 0) is 56.2 Å². The largest absolute Gasteiger partial charge is 0.478 e. The number of allylic oxidation sites excluding steroid dienone is 3. The van der Waals surface area contributed by atoms with Crippen molar-refractivity contribution in [2.75, 3.05) is 11.9 Å². The summed E-state index contributed by atoms with van der Waals surface area (Å²) in [7, 11) is 0. The van der Waals surface area contributed by atoms with Crippen LogP contribution in [0.1, 0.15) is 69.8 Å². The van der Waals surface area contributed by atoms with Gasteiger partial charge in [-0.1, -0.05) is 62.1 Å². The SMILES string of the molecule is C=CCCCCCCCC/C=C/CCCNc1ccccc1/C=C/C(=O)O. The minimum atomic E-state index is -0.928. The lowest BCUT2D eigenvalue weighted by Crippen LogP contribution is -2.02. The highest BCUT2D eigenvalue weighted by Crippen LogP contribution is 2.16. The molecule has 3 heteroatoms. The van der Waals surface area contributed by atoms with Gasteiger partial charge in [0.05, 0.1) is 0 Å². The van der Waals surface area contributed by atoms with Crippen LogP contribution in [0.25, 0.3) is 6.08 Å². The van der Waals surface area contributed by atoms with Crippen molar-refractivity contribution in [2.24, 2.45) is 0 Å². The maximum atomic E-state index is 10.7. The molecule has 27 heavy (non-hydrogen) atoms. The molecule has 0 unspecified atom stereocenters. The molecule has 1 aromatic rings. The molecule has 1 rings (SSSR count). The van der Waals surface area contributed by atoms with Gasteiger partial charge in [0, 0.05) is 18.3 Å². The lowest BCUT2D eigenvalue weighted by atomic mass is 10.1. The Morgan fingerprint density at radius 2 is 1.56 bits per heavy atom. The van der Waals surface area contributed by atoms with Crippen molar-refractivity contribution in [1.29, 1.82) is 0 Å². The van der Waals surface area contributed by atoms with Crippen molar-refractivity contribution in [3.63, 3.8) is 0 Å². The highest BCUT2D eigenvalue weighted by atomic mass is 16.4. The third-order valence-corrected chi connectivity index (χ3v) is 4.42. The summed E-state index contributed by atoms with van der Waals surface area (Å²) in [5.74, 6) is -0.928. The Balaban J connectivity index is 2.06. The van der Waals surface area contributed by atoms with Crippen molar-refractivity contribution in [1.82, 2.24) is 0 Å². The first-order valence-corrected chi connectivity index (χ1v) is 10.2. The number of anilines is 1. The average Bonchev–Trinajstić information content (AvgIpc) is 2.67. The number of rotatable bonds is 16. The highest BCUT2D eigenvalue weighted by Gasteiger charge is 1.98. The number of carboxylic acid groups (broad SMARTS) is 1. The Hall–Kier alpha value is -2.29. The van der Waals surface area contributed by atoms with E-state index >= 15 is 0 Å². The topological polar surface area (TPSA) is 49.3 Å². The van der Waals surface area contributed by atoms with Crippen LogP contribution in [0.4, 0.5) is 5.69 Å². The fourth-order valence-electron chi connectivity index (χ4n) is 2.90. The van der Waals surface area contributed by atoms with Gasteiger partial charge in [-0.2, -0.15) is 0 Å². The molecule has 0 aliphatic carbocycles. The summed E-state index contributed by atoms with van der Waals surface area (Å²) < 4.78 is 0. The number of nitrogens with one attached hydrogen (secondary N) is 1. The van der Waals surface area contributed by atoms with E-state index in [9.17, 15) is 4.79 Å². The molecular formula is C24H35NO2. The van der Waals surface area contributed by atoms with Crippen LogP contribution in [0.15, 0.2) is 55.1 Å². The molecule has 148 valence electrons. The summed E-state index contributed by atoms with van der Waals surface area (Å²) in [5.41, 5.74) is 1.88. The van der Waals surface area contributed by atoms with E-state index in [4.69, 9.17) is 5.11 Å². The molecule has 0 amide bonds. The minimum absolute atomic E-state index is 0.882. The van der Waals surface area contributed by atoms with Gasteiger partial charge in [0.25, 0.3) is 0 Å². The van der Waals surface area contributed by atoms with Gasteiger partial charge in [-0.15, -0.1) is 6.58 Å². The van der Waals surface area contributed by atoms with E-state index in [1.54, 1.807) is 6.08 Å². The lowest BCUT2D eigenvalue weighted by Gasteiger charge is -2.08. The van der Waals surface area contributed by atoms with Gasteiger partial charge in [-0.3, -0.25) is 0 Å². The van der Waals surface area contributed by atoms with Gasteiger partial charge in [-0.25, -0.2) is 4.79 Å². The summed E-state index contributed by atoms with van der Waals surface area (Å²) in [6, 6.07) is 7.77. The van der Waals surface area contributed by atoms with E-state index in [1.165, 1.54) is 51.0 Å². The van der Waals surface area contributed by atoms with E-state index in [-0.39, 0.29) is 0 Å². The Kier molecular flexibility index (Phi) is 13.4. The predicted octanol–water partition coefficient (Wildman–Crippen LogP) is 6.84. The van der Waals surface area contributed by atoms with Crippen LogP contribution < -0.4 is 5.32 Å². The molecule has 1 aromatic carbocycles. The predicted molar refractivity (Wildman–Crippen MR) is 117 cm³/mol. The van der Waals surface area contributed by atoms with Crippen molar-refractivity contribution in [2.45, 2.75) is 64.2 Å². The number of hydrogen-bond acceptors (Lipinski definition) is 2. The Bertz CT molecular complexity index is 590. The Morgan fingerprint density at radius 1 is 0.926 bits per heavy atom. The van der Waals surface area contributed by atoms with Gasteiger partial charge >= 0.3 is 5.97 Å². The number of aliphatic carboxylic acids is 1. The molecule has 3 nitrogen and oxygen atoms in total. The molecule has 0 aliphatic rings. The average molecular weight is 370 g/mol. The number of benzene rings is 1. The third kappa shape index (κ3) is 12.7. The second-order valence-electron chi connectivity index (χ2n) is 6.79. The molecule has 0 saturated carbocycles. The molecule has 0 spiro atoms. The highest BCUT2D eigenvalue weighted by molar-refractivity contribution is 5.86. The van der Waals surface area contributed by atoms with E-state index in [0.29, 0.717) is 0 Å². The molecule has 2 N–H and O–H groups in total. The number of carbonyl (C=O) groups is 1. The minimum Gasteiger partial charge on any atom is -0.478 e. The smallest absolute Gasteiger partial charge is 0.328 e. The summed E-state index contributed by atoms with van der Waals surface area (Å²) in [6.07, 6.45) is 21.8. The third-order valence-electron chi connectivity index (χ3n) is 4.42. The van der Waals surface area contributed by atoms with Crippen molar-refractivity contribution >= 4 is 17.7 Å². The van der Waals surface area contributed by atoms with Crippen LogP contribution in [0.5, 0.6) is 0 Å². The molecule has 0 aliphatic heterocycles. The van der Waals surface area contributed by atoms with Gasteiger partial charge in [0.2, 0.25) is 0 Å². The fourth-order valence-corrected chi connectivity index (χ4v) is 2.90.